The van der Waals surface area contributed by atoms with Crippen molar-refractivity contribution in [1.29, 1.82) is 0 Å². The maximum absolute atomic E-state index is 11.4. The van der Waals surface area contributed by atoms with Gasteiger partial charge in [-0.15, -0.1) is 0 Å². The van der Waals surface area contributed by atoms with Crippen molar-refractivity contribution in [2.45, 2.75) is 18.4 Å². The fraction of sp³-hybridized carbons (Fsp3) is 0.538. The van der Waals surface area contributed by atoms with Gasteiger partial charge in [0.05, 0.1) is 12.9 Å². The van der Waals surface area contributed by atoms with Crippen molar-refractivity contribution in [3.8, 4) is 5.75 Å². The minimum atomic E-state index is -1.00. The summed E-state index contributed by atoms with van der Waals surface area (Å²) in [5, 5.41) is 10.7. The summed E-state index contributed by atoms with van der Waals surface area (Å²) in [6.45, 7) is 0. The van der Waals surface area contributed by atoms with Gasteiger partial charge in [-0.3, -0.25) is 4.21 Å². The van der Waals surface area contributed by atoms with Gasteiger partial charge in [-0.2, -0.15) is 0 Å². The Morgan fingerprint density at radius 3 is 2.41 bits per heavy atom. The molecule has 0 aromatic heterocycles. The Labute approximate surface area is 104 Å². The Bertz CT molecular complexity index is 411. The maximum Gasteiger partial charge on any atom is 0.118 e. The van der Waals surface area contributed by atoms with E-state index in [0.29, 0.717) is 5.75 Å². The lowest BCUT2D eigenvalue weighted by atomic mass is 9.91. The predicted octanol–water partition coefficient (Wildman–Crippen LogP) is 1.67. The summed E-state index contributed by atoms with van der Waals surface area (Å²) in [7, 11) is 0.610. The highest BCUT2D eigenvalue weighted by Gasteiger charge is 2.45. The molecule has 3 nitrogen and oxygen atoms in total. The Balaban J connectivity index is 2.28. The second kappa shape index (κ2) is 4.78. The van der Waals surface area contributed by atoms with Crippen molar-refractivity contribution >= 4 is 10.8 Å². The SMILES string of the molecule is COc1ccc(C(O)(CS(C)=O)C2CC2)cc1. The average Bonchev–Trinajstić information content (AvgIpc) is 3.12. The zero-order valence-corrected chi connectivity index (χ0v) is 11.0. The van der Waals surface area contributed by atoms with Crippen LogP contribution in [0.5, 0.6) is 5.75 Å². The summed E-state index contributed by atoms with van der Waals surface area (Å²) in [6.07, 6.45) is 3.66. The number of aliphatic hydroxyl groups is 1. The van der Waals surface area contributed by atoms with Crippen molar-refractivity contribution in [2.75, 3.05) is 19.1 Å². The molecule has 1 saturated carbocycles. The first-order valence-electron chi connectivity index (χ1n) is 5.73. The molecule has 1 aliphatic carbocycles. The first kappa shape index (κ1) is 12.6. The lowest BCUT2D eigenvalue weighted by Gasteiger charge is -2.28. The molecule has 0 spiro atoms. The number of hydrogen-bond donors (Lipinski definition) is 1. The van der Waals surface area contributed by atoms with E-state index in [1.807, 2.05) is 24.3 Å². The first-order chi connectivity index (χ1) is 8.06. The Kier molecular flexibility index (Phi) is 3.54. The van der Waals surface area contributed by atoms with Crippen LogP contribution in [0.4, 0.5) is 0 Å². The van der Waals surface area contributed by atoms with E-state index in [2.05, 4.69) is 0 Å². The van der Waals surface area contributed by atoms with Gasteiger partial charge in [0.15, 0.2) is 0 Å². The molecule has 17 heavy (non-hydrogen) atoms. The van der Waals surface area contributed by atoms with Crippen molar-refractivity contribution in [1.82, 2.24) is 0 Å². The van der Waals surface area contributed by atoms with Crippen LogP contribution in [0, 0.1) is 5.92 Å². The number of ether oxygens (including phenoxy) is 1. The molecular formula is C13H18O3S. The topological polar surface area (TPSA) is 46.5 Å². The molecule has 1 N–H and O–H groups in total. The van der Waals surface area contributed by atoms with Gasteiger partial charge in [0, 0.05) is 17.1 Å². The van der Waals surface area contributed by atoms with Crippen LogP contribution in [0.15, 0.2) is 24.3 Å². The molecule has 0 amide bonds. The third-order valence-corrected chi connectivity index (χ3v) is 4.11. The van der Waals surface area contributed by atoms with Crippen LogP contribution < -0.4 is 4.74 Å². The van der Waals surface area contributed by atoms with E-state index in [0.717, 1.165) is 24.2 Å². The van der Waals surface area contributed by atoms with Gasteiger partial charge in [0.1, 0.15) is 11.4 Å². The van der Waals surface area contributed by atoms with E-state index in [9.17, 15) is 9.32 Å². The third kappa shape index (κ3) is 2.69. The van der Waals surface area contributed by atoms with Crippen molar-refractivity contribution < 1.29 is 14.1 Å². The van der Waals surface area contributed by atoms with Gasteiger partial charge in [-0.05, 0) is 36.5 Å². The minimum absolute atomic E-state index is 0.250. The van der Waals surface area contributed by atoms with Crippen LogP contribution in [0.3, 0.4) is 0 Å². The fourth-order valence-electron chi connectivity index (χ4n) is 2.19. The lowest BCUT2D eigenvalue weighted by molar-refractivity contribution is 0.0375. The highest BCUT2D eigenvalue weighted by molar-refractivity contribution is 7.84. The van der Waals surface area contributed by atoms with Gasteiger partial charge < -0.3 is 9.84 Å². The molecule has 4 heteroatoms. The normalized spacial score (nSPS) is 20.6. The van der Waals surface area contributed by atoms with Gasteiger partial charge in [-0.25, -0.2) is 0 Å². The molecule has 0 bridgehead atoms. The summed E-state index contributed by atoms with van der Waals surface area (Å²) in [4.78, 5) is 0. The van der Waals surface area contributed by atoms with Crippen LogP contribution in [-0.4, -0.2) is 28.4 Å². The molecule has 2 unspecified atom stereocenters. The summed E-state index contributed by atoms with van der Waals surface area (Å²) in [5.41, 5.74) is -0.0951. The minimum Gasteiger partial charge on any atom is -0.497 e. The van der Waals surface area contributed by atoms with Crippen LogP contribution in [0.1, 0.15) is 18.4 Å². The highest BCUT2D eigenvalue weighted by Crippen LogP contribution is 2.46. The zero-order valence-electron chi connectivity index (χ0n) is 10.2. The van der Waals surface area contributed by atoms with Crippen LogP contribution in [-0.2, 0) is 16.4 Å². The standard InChI is InChI=1S/C13H18O3S/c1-16-12-7-5-11(6-8-12)13(14,9-17(2)15)10-3-4-10/h5-8,10,14H,3-4,9H2,1-2H3. The quantitative estimate of drug-likeness (QED) is 0.869. The number of methoxy groups -OCH3 is 1. The molecular weight excluding hydrogens is 236 g/mol. The summed E-state index contributed by atoms with van der Waals surface area (Å²) >= 11 is 0. The van der Waals surface area contributed by atoms with Crippen LogP contribution in [0.25, 0.3) is 0 Å². The van der Waals surface area contributed by atoms with Crippen molar-refractivity contribution in [2.24, 2.45) is 5.92 Å². The molecule has 0 radical (unpaired) electrons. The molecule has 1 fully saturated rings. The zero-order chi connectivity index (χ0) is 12.5. The molecule has 0 aliphatic heterocycles. The smallest absolute Gasteiger partial charge is 0.118 e. The molecule has 0 saturated heterocycles. The Morgan fingerprint density at radius 1 is 1.41 bits per heavy atom. The molecule has 1 aromatic carbocycles. The molecule has 2 atom stereocenters. The van der Waals surface area contributed by atoms with Crippen molar-refractivity contribution in [3.05, 3.63) is 29.8 Å². The molecule has 1 aromatic rings. The van der Waals surface area contributed by atoms with Crippen LogP contribution >= 0.6 is 0 Å². The van der Waals surface area contributed by atoms with E-state index in [-0.39, 0.29) is 5.92 Å². The second-order valence-electron chi connectivity index (χ2n) is 4.64. The highest BCUT2D eigenvalue weighted by atomic mass is 32.2. The Hall–Kier alpha value is -0.870. The fourth-order valence-corrected chi connectivity index (χ4v) is 3.21. The van der Waals surface area contributed by atoms with E-state index in [1.54, 1.807) is 13.4 Å². The summed E-state index contributed by atoms with van der Waals surface area (Å²) < 4.78 is 16.5. The number of hydrogen-bond acceptors (Lipinski definition) is 3. The van der Waals surface area contributed by atoms with E-state index in [4.69, 9.17) is 4.74 Å². The van der Waals surface area contributed by atoms with Gasteiger partial charge in [0.2, 0.25) is 0 Å². The number of benzene rings is 1. The van der Waals surface area contributed by atoms with Crippen LogP contribution in [0.2, 0.25) is 0 Å². The maximum atomic E-state index is 11.4. The average molecular weight is 254 g/mol. The van der Waals surface area contributed by atoms with Gasteiger partial charge in [0.25, 0.3) is 0 Å². The largest absolute Gasteiger partial charge is 0.497 e. The van der Waals surface area contributed by atoms with Crippen molar-refractivity contribution in [3.63, 3.8) is 0 Å². The Morgan fingerprint density at radius 2 is 2.00 bits per heavy atom. The molecule has 0 heterocycles. The first-order valence-corrected chi connectivity index (χ1v) is 7.46. The summed E-state index contributed by atoms with van der Waals surface area (Å²) in [5.74, 6) is 1.33. The van der Waals surface area contributed by atoms with E-state index >= 15 is 0 Å². The summed E-state index contributed by atoms with van der Waals surface area (Å²) in [6, 6.07) is 7.40. The molecule has 94 valence electrons. The third-order valence-electron chi connectivity index (χ3n) is 3.27. The number of rotatable bonds is 5. The van der Waals surface area contributed by atoms with E-state index in [1.165, 1.54) is 0 Å². The van der Waals surface area contributed by atoms with Gasteiger partial charge in [-0.1, -0.05) is 12.1 Å². The monoisotopic (exact) mass is 254 g/mol. The molecule has 1 aliphatic rings. The predicted molar refractivity (Wildman–Crippen MR) is 68.5 cm³/mol. The molecule has 2 rings (SSSR count). The lowest BCUT2D eigenvalue weighted by Crippen LogP contribution is -2.34. The second-order valence-corrected chi connectivity index (χ2v) is 6.08. The van der Waals surface area contributed by atoms with E-state index < -0.39 is 16.4 Å². The van der Waals surface area contributed by atoms with Gasteiger partial charge >= 0.3 is 0 Å².